The van der Waals surface area contributed by atoms with E-state index in [0.29, 0.717) is 6.42 Å². The fourth-order valence-electron chi connectivity index (χ4n) is 1.66. The van der Waals surface area contributed by atoms with Crippen LogP contribution in [0.4, 0.5) is 0 Å². The second kappa shape index (κ2) is 2.79. The van der Waals surface area contributed by atoms with Crippen LogP contribution in [0.1, 0.15) is 19.3 Å². The lowest BCUT2D eigenvalue weighted by molar-refractivity contribution is -0.124. The summed E-state index contributed by atoms with van der Waals surface area (Å²) in [5, 5.41) is 2.95. The van der Waals surface area contributed by atoms with Crippen LogP contribution < -0.4 is 16.8 Å². The highest BCUT2D eigenvalue weighted by molar-refractivity contribution is 5.85. The summed E-state index contributed by atoms with van der Waals surface area (Å²) in [7, 11) is 1.75. The molecule has 2 unspecified atom stereocenters. The van der Waals surface area contributed by atoms with Gasteiger partial charge in [-0.05, 0) is 26.3 Å². The molecule has 0 heterocycles. The Hall–Kier alpha value is -0.610. The average Bonchev–Trinajstić information content (AvgIpc) is 2.33. The van der Waals surface area contributed by atoms with Crippen molar-refractivity contribution in [1.29, 1.82) is 0 Å². The Kier molecular flexibility index (Phi) is 2.15. The first-order valence-electron chi connectivity index (χ1n) is 3.85. The number of hydrogen-bond acceptors (Lipinski definition) is 3. The Morgan fingerprint density at radius 2 is 2.36 bits per heavy atom. The van der Waals surface area contributed by atoms with Crippen LogP contribution in [-0.4, -0.2) is 24.5 Å². The maximum Gasteiger partial charge on any atom is 0.237 e. The van der Waals surface area contributed by atoms with Gasteiger partial charge in [0.25, 0.3) is 0 Å². The van der Waals surface area contributed by atoms with Crippen molar-refractivity contribution in [1.82, 2.24) is 5.32 Å². The molecule has 0 aromatic heterocycles. The number of likely N-dealkylation sites (N-methyl/N-ethyl adjacent to an activating group) is 1. The van der Waals surface area contributed by atoms with Crippen molar-refractivity contribution in [2.24, 2.45) is 11.5 Å². The van der Waals surface area contributed by atoms with E-state index < -0.39 is 5.54 Å². The summed E-state index contributed by atoms with van der Waals surface area (Å²) in [4.78, 5) is 11.0. The first-order chi connectivity index (χ1) is 5.10. The predicted molar refractivity (Wildman–Crippen MR) is 42.8 cm³/mol. The minimum atomic E-state index is -0.528. The molecule has 11 heavy (non-hydrogen) atoms. The molecule has 0 aromatic carbocycles. The second-order valence-corrected chi connectivity index (χ2v) is 3.20. The van der Waals surface area contributed by atoms with Gasteiger partial charge in [-0.1, -0.05) is 0 Å². The van der Waals surface area contributed by atoms with Crippen LogP contribution in [0.3, 0.4) is 0 Å². The molecule has 1 aliphatic rings. The summed E-state index contributed by atoms with van der Waals surface area (Å²) in [5.74, 6) is -0.284. The summed E-state index contributed by atoms with van der Waals surface area (Å²) in [6.45, 7) is 0. The standard InChI is InChI=1S/C7H15N3O/c1-10-7(6(9)11)3-2-5(8)4-7/h5,10H,2-4,8H2,1H3,(H2,9,11). The predicted octanol–water partition coefficient (Wildman–Crippen LogP) is -1.06. The number of carbonyl (C=O) groups is 1. The van der Waals surface area contributed by atoms with Crippen molar-refractivity contribution in [2.45, 2.75) is 30.8 Å². The molecule has 0 saturated heterocycles. The van der Waals surface area contributed by atoms with Gasteiger partial charge < -0.3 is 16.8 Å². The van der Waals surface area contributed by atoms with E-state index in [1.54, 1.807) is 7.05 Å². The zero-order valence-electron chi connectivity index (χ0n) is 6.76. The van der Waals surface area contributed by atoms with E-state index in [4.69, 9.17) is 11.5 Å². The van der Waals surface area contributed by atoms with Gasteiger partial charge in [0, 0.05) is 6.04 Å². The second-order valence-electron chi connectivity index (χ2n) is 3.20. The van der Waals surface area contributed by atoms with Crippen molar-refractivity contribution in [3.63, 3.8) is 0 Å². The normalized spacial score (nSPS) is 37.5. The zero-order chi connectivity index (χ0) is 8.48. The summed E-state index contributed by atoms with van der Waals surface area (Å²) >= 11 is 0. The van der Waals surface area contributed by atoms with E-state index in [0.717, 1.165) is 12.8 Å². The number of rotatable bonds is 2. The van der Waals surface area contributed by atoms with E-state index in [9.17, 15) is 4.79 Å². The van der Waals surface area contributed by atoms with Gasteiger partial charge in [0.05, 0.1) is 5.54 Å². The van der Waals surface area contributed by atoms with E-state index in [1.165, 1.54) is 0 Å². The van der Waals surface area contributed by atoms with Crippen LogP contribution in [0.5, 0.6) is 0 Å². The van der Waals surface area contributed by atoms with Gasteiger partial charge in [-0.3, -0.25) is 4.79 Å². The summed E-state index contributed by atoms with van der Waals surface area (Å²) < 4.78 is 0. The Labute approximate surface area is 66.3 Å². The third kappa shape index (κ3) is 1.36. The lowest BCUT2D eigenvalue weighted by atomic mass is 9.97. The molecule has 1 aliphatic carbocycles. The minimum Gasteiger partial charge on any atom is -0.368 e. The average molecular weight is 157 g/mol. The Morgan fingerprint density at radius 3 is 2.55 bits per heavy atom. The van der Waals surface area contributed by atoms with Crippen molar-refractivity contribution in [3.8, 4) is 0 Å². The van der Waals surface area contributed by atoms with Crippen molar-refractivity contribution < 1.29 is 4.79 Å². The van der Waals surface area contributed by atoms with Crippen LogP contribution in [0.25, 0.3) is 0 Å². The molecule has 1 fully saturated rings. The van der Waals surface area contributed by atoms with Crippen LogP contribution >= 0.6 is 0 Å². The van der Waals surface area contributed by atoms with Crippen LogP contribution in [0.2, 0.25) is 0 Å². The number of hydrogen-bond donors (Lipinski definition) is 3. The highest BCUT2D eigenvalue weighted by Gasteiger charge is 2.41. The summed E-state index contributed by atoms with van der Waals surface area (Å²) in [6.07, 6.45) is 2.31. The third-order valence-electron chi connectivity index (χ3n) is 2.50. The lowest BCUT2D eigenvalue weighted by Crippen LogP contribution is -2.52. The molecule has 5 N–H and O–H groups in total. The maximum atomic E-state index is 11.0. The van der Waals surface area contributed by atoms with Crippen molar-refractivity contribution in [2.75, 3.05) is 7.05 Å². The van der Waals surface area contributed by atoms with Gasteiger partial charge in [0.2, 0.25) is 5.91 Å². The number of primary amides is 1. The highest BCUT2D eigenvalue weighted by atomic mass is 16.1. The van der Waals surface area contributed by atoms with Crippen LogP contribution in [0, 0.1) is 0 Å². The number of amides is 1. The first-order valence-corrected chi connectivity index (χ1v) is 3.85. The molecule has 0 aliphatic heterocycles. The molecular weight excluding hydrogens is 142 g/mol. The third-order valence-corrected chi connectivity index (χ3v) is 2.50. The van der Waals surface area contributed by atoms with Gasteiger partial charge in [-0.2, -0.15) is 0 Å². The first kappa shape index (κ1) is 8.49. The van der Waals surface area contributed by atoms with Crippen LogP contribution in [0.15, 0.2) is 0 Å². The van der Waals surface area contributed by atoms with E-state index >= 15 is 0 Å². The fourth-order valence-corrected chi connectivity index (χ4v) is 1.66. The molecule has 1 saturated carbocycles. The smallest absolute Gasteiger partial charge is 0.237 e. The topological polar surface area (TPSA) is 81.1 Å². The molecular formula is C7H15N3O. The molecule has 0 radical (unpaired) electrons. The minimum absolute atomic E-state index is 0.120. The highest BCUT2D eigenvalue weighted by Crippen LogP contribution is 2.27. The van der Waals surface area contributed by atoms with Crippen LogP contribution in [-0.2, 0) is 4.79 Å². The van der Waals surface area contributed by atoms with Gasteiger partial charge in [-0.15, -0.1) is 0 Å². The molecule has 64 valence electrons. The van der Waals surface area contributed by atoms with E-state index in [1.807, 2.05) is 0 Å². The van der Waals surface area contributed by atoms with Crippen molar-refractivity contribution >= 4 is 5.91 Å². The molecule has 1 amide bonds. The molecule has 4 nitrogen and oxygen atoms in total. The van der Waals surface area contributed by atoms with Gasteiger partial charge in [-0.25, -0.2) is 0 Å². The monoisotopic (exact) mass is 157 g/mol. The Bertz CT molecular complexity index is 171. The van der Waals surface area contributed by atoms with Gasteiger partial charge in [0.1, 0.15) is 0 Å². The quantitative estimate of drug-likeness (QED) is 0.478. The van der Waals surface area contributed by atoms with Gasteiger partial charge >= 0.3 is 0 Å². The van der Waals surface area contributed by atoms with E-state index in [2.05, 4.69) is 5.32 Å². The Balaban J connectivity index is 2.70. The number of nitrogens with two attached hydrogens (primary N) is 2. The fraction of sp³-hybridized carbons (Fsp3) is 0.857. The summed E-state index contributed by atoms with van der Waals surface area (Å²) in [6, 6.07) is 0.120. The zero-order valence-corrected chi connectivity index (χ0v) is 6.76. The van der Waals surface area contributed by atoms with Crippen molar-refractivity contribution in [3.05, 3.63) is 0 Å². The van der Waals surface area contributed by atoms with Gasteiger partial charge in [0.15, 0.2) is 0 Å². The molecule has 4 heteroatoms. The largest absolute Gasteiger partial charge is 0.368 e. The molecule has 0 spiro atoms. The Morgan fingerprint density at radius 1 is 1.73 bits per heavy atom. The molecule has 0 aromatic rings. The summed E-state index contributed by atoms with van der Waals surface area (Å²) in [5.41, 5.74) is 10.4. The lowest BCUT2D eigenvalue weighted by Gasteiger charge is -2.24. The van der Waals surface area contributed by atoms with E-state index in [-0.39, 0.29) is 11.9 Å². The SMILES string of the molecule is CNC1(C(N)=O)CCC(N)C1. The maximum absolute atomic E-state index is 11.0. The molecule has 2 atom stereocenters. The molecule has 1 rings (SSSR count). The number of nitrogens with one attached hydrogen (secondary N) is 1. The number of carbonyl (C=O) groups excluding carboxylic acids is 1. The molecule has 0 bridgehead atoms.